The average molecular weight is 246 g/mol. The van der Waals surface area contributed by atoms with Crippen LogP contribution in [0.3, 0.4) is 0 Å². The van der Waals surface area contributed by atoms with Gasteiger partial charge in [-0.25, -0.2) is 0 Å². The van der Waals surface area contributed by atoms with Crippen LogP contribution in [0.4, 0.5) is 0 Å². The van der Waals surface area contributed by atoms with E-state index < -0.39 is 0 Å². The molecule has 0 aromatic carbocycles. The lowest BCUT2D eigenvalue weighted by Crippen LogP contribution is -2.27. The monoisotopic (exact) mass is 245 g/mol. The topological polar surface area (TPSA) is 49.3 Å². The lowest BCUT2D eigenvalue weighted by atomic mass is 10.2. The van der Waals surface area contributed by atoms with E-state index in [4.69, 9.17) is 16.7 Å². The Morgan fingerprint density at radius 1 is 1.60 bits per heavy atom. The first-order valence-electron chi connectivity index (χ1n) is 4.57. The van der Waals surface area contributed by atoms with E-state index in [1.54, 1.807) is 12.2 Å². The summed E-state index contributed by atoms with van der Waals surface area (Å²) in [6.07, 6.45) is 6.02. The van der Waals surface area contributed by atoms with E-state index in [1.165, 1.54) is 0 Å². The quantitative estimate of drug-likeness (QED) is 0.737. The lowest BCUT2D eigenvalue weighted by molar-refractivity contribution is -0.117. The van der Waals surface area contributed by atoms with Crippen molar-refractivity contribution in [1.29, 1.82) is 0 Å². The number of allylic oxidation sites excluding steroid dienone is 4. The molecule has 0 saturated heterocycles. The second kappa shape index (κ2) is 6.06. The molecule has 5 heteroatoms. The SMILES string of the molecule is O=C(NCCO)C1=CCC=C(P)C(Cl)=C1. The smallest absolute Gasteiger partial charge is 0.251 e. The van der Waals surface area contributed by atoms with E-state index >= 15 is 0 Å². The highest BCUT2D eigenvalue weighted by Crippen LogP contribution is 2.26. The number of nitrogens with one attached hydrogen (secondary N) is 1. The van der Waals surface area contributed by atoms with Gasteiger partial charge in [0.1, 0.15) is 0 Å². The molecule has 1 atom stereocenters. The van der Waals surface area contributed by atoms with Gasteiger partial charge in [0, 0.05) is 17.2 Å². The van der Waals surface area contributed by atoms with Crippen molar-refractivity contribution in [2.24, 2.45) is 0 Å². The van der Waals surface area contributed by atoms with Gasteiger partial charge in [0.25, 0.3) is 5.91 Å². The van der Waals surface area contributed by atoms with Crippen molar-refractivity contribution in [2.45, 2.75) is 6.42 Å². The summed E-state index contributed by atoms with van der Waals surface area (Å²) in [6.45, 7) is 0.187. The van der Waals surface area contributed by atoms with Crippen LogP contribution in [0.5, 0.6) is 0 Å². The van der Waals surface area contributed by atoms with Crippen molar-refractivity contribution in [2.75, 3.05) is 13.2 Å². The zero-order valence-corrected chi connectivity index (χ0v) is 10.1. The summed E-state index contributed by atoms with van der Waals surface area (Å²) in [5, 5.41) is 12.6. The van der Waals surface area contributed by atoms with Gasteiger partial charge in [-0.2, -0.15) is 0 Å². The highest BCUT2D eigenvalue weighted by Gasteiger charge is 2.09. The second-order valence-electron chi connectivity index (χ2n) is 3.03. The molecule has 82 valence electrons. The molecule has 1 rings (SSSR count). The average Bonchev–Trinajstić information content (AvgIpc) is 2.38. The molecule has 0 fully saturated rings. The Bertz CT molecular complexity index is 347. The van der Waals surface area contributed by atoms with Crippen molar-refractivity contribution >= 4 is 26.7 Å². The second-order valence-corrected chi connectivity index (χ2v) is 4.06. The van der Waals surface area contributed by atoms with Crippen LogP contribution in [-0.4, -0.2) is 24.2 Å². The Morgan fingerprint density at radius 3 is 3.00 bits per heavy atom. The Kier molecular flexibility index (Phi) is 5.03. The van der Waals surface area contributed by atoms with Crippen molar-refractivity contribution in [1.82, 2.24) is 5.32 Å². The van der Waals surface area contributed by atoms with Gasteiger partial charge in [-0.05, 0) is 17.8 Å². The largest absolute Gasteiger partial charge is 0.395 e. The molecule has 0 aromatic rings. The van der Waals surface area contributed by atoms with Gasteiger partial charge in [-0.3, -0.25) is 4.79 Å². The maximum Gasteiger partial charge on any atom is 0.251 e. The molecular formula is C10H13ClNO2P. The van der Waals surface area contributed by atoms with Gasteiger partial charge in [0.2, 0.25) is 0 Å². The number of hydrogen-bond acceptors (Lipinski definition) is 2. The number of halogens is 1. The standard InChI is InChI=1S/C10H13ClNO2P/c11-8-6-7(2-1-3-9(8)15)10(14)12-4-5-13/h2-3,6,13H,1,4-5,15H2,(H,12,14). The van der Waals surface area contributed by atoms with Crippen molar-refractivity contribution in [3.8, 4) is 0 Å². The summed E-state index contributed by atoms with van der Waals surface area (Å²) in [7, 11) is 2.52. The van der Waals surface area contributed by atoms with Crippen LogP contribution in [0, 0.1) is 0 Å². The third kappa shape index (κ3) is 3.78. The third-order valence-corrected chi connectivity index (χ3v) is 2.95. The van der Waals surface area contributed by atoms with Gasteiger partial charge < -0.3 is 10.4 Å². The minimum atomic E-state index is -0.213. The molecule has 0 aromatic heterocycles. The number of aliphatic hydroxyl groups excluding tert-OH is 1. The number of amides is 1. The number of aliphatic hydroxyl groups is 1. The van der Waals surface area contributed by atoms with E-state index in [9.17, 15) is 4.79 Å². The number of rotatable bonds is 3. The molecule has 0 radical (unpaired) electrons. The molecule has 1 aliphatic carbocycles. The van der Waals surface area contributed by atoms with Gasteiger partial charge >= 0.3 is 0 Å². The molecule has 1 unspecified atom stereocenters. The molecule has 1 amide bonds. The number of carbonyl (C=O) groups is 1. The Balaban J connectivity index is 2.72. The number of hydrogen-bond donors (Lipinski definition) is 2. The third-order valence-electron chi connectivity index (χ3n) is 1.89. The fourth-order valence-electron chi connectivity index (χ4n) is 1.12. The predicted octanol–water partition coefficient (Wildman–Crippen LogP) is 1.31. The molecule has 2 N–H and O–H groups in total. The van der Waals surface area contributed by atoms with Crippen LogP contribution in [-0.2, 0) is 4.79 Å². The fourth-order valence-corrected chi connectivity index (χ4v) is 1.53. The highest BCUT2D eigenvalue weighted by atomic mass is 35.5. The maximum atomic E-state index is 11.5. The fraction of sp³-hybridized carbons (Fsp3) is 0.300. The Labute approximate surface area is 96.1 Å². The summed E-state index contributed by atoms with van der Waals surface area (Å²) in [4.78, 5) is 11.5. The molecule has 0 heterocycles. The van der Waals surface area contributed by atoms with Gasteiger partial charge in [-0.1, -0.05) is 23.8 Å². The first-order chi connectivity index (χ1) is 7.15. The van der Waals surface area contributed by atoms with Crippen molar-refractivity contribution < 1.29 is 9.90 Å². The summed E-state index contributed by atoms with van der Waals surface area (Å²) in [5.74, 6) is -0.213. The van der Waals surface area contributed by atoms with Gasteiger partial charge in [0.15, 0.2) is 0 Å². The molecule has 0 aliphatic heterocycles. The minimum Gasteiger partial charge on any atom is -0.395 e. The Morgan fingerprint density at radius 2 is 2.33 bits per heavy atom. The van der Waals surface area contributed by atoms with Crippen LogP contribution in [0.15, 0.2) is 34.1 Å². The molecule has 1 aliphatic rings. The lowest BCUT2D eigenvalue weighted by Gasteiger charge is -2.03. The van der Waals surface area contributed by atoms with Crippen LogP contribution in [0.25, 0.3) is 0 Å². The van der Waals surface area contributed by atoms with Crippen molar-refractivity contribution in [3.05, 3.63) is 34.1 Å². The summed E-state index contributed by atoms with van der Waals surface area (Å²) in [5.41, 5.74) is 0.530. The predicted molar refractivity (Wildman–Crippen MR) is 64.5 cm³/mol. The number of carbonyl (C=O) groups excluding carboxylic acids is 1. The Hall–Kier alpha value is -0.630. The first kappa shape index (κ1) is 12.4. The van der Waals surface area contributed by atoms with Crippen LogP contribution in [0.1, 0.15) is 6.42 Å². The molecular weight excluding hydrogens is 233 g/mol. The van der Waals surface area contributed by atoms with E-state index in [0.717, 1.165) is 5.31 Å². The van der Waals surface area contributed by atoms with Crippen LogP contribution in [0.2, 0.25) is 0 Å². The zero-order valence-electron chi connectivity index (χ0n) is 8.16. The van der Waals surface area contributed by atoms with Crippen molar-refractivity contribution in [3.63, 3.8) is 0 Å². The van der Waals surface area contributed by atoms with E-state index in [0.29, 0.717) is 17.0 Å². The van der Waals surface area contributed by atoms with Gasteiger partial charge in [-0.15, -0.1) is 9.24 Å². The zero-order chi connectivity index (χ0) is 11.3. The van der Waals surface area contributed by atoms with Crippen LogP contribution >= 0.6 is 20.8 Å². The molecule has 0 spiro atoms. The summed E-state index contributed by atoms with van der Waals surface area (Å²) >= 11 is 5.95. The minimum absolute atomic E-state index is 0.0659. The maximum absolute atomic E-state index is 11.5. The summed E-state index contributed by atoms with van der Waals surface area (Å²) in [6, 6.07) is 0. The van der Waals surface area contributed by atoms with E-state index in [1.807, 2.05) is 6.08 Å². The van der Waals surface area contributed by atoms with E-state index in [2.05, 4.69) is 14.6 Å². The van der Waals surface area contributed by atoms with Crippen LogP contribution < -0.4 is 5.32 Å². The summed E-state index contributed by atoms with van der Waals surface area (Å²) < 4.78 is 0. The molecule has 3 nitrogen and oxygen atoms in total. The molecule has 15 heavy (non-hydrogen) atoms. The normalized spacial score (nSPS) is 16.1. The first-order valence-corrected chi connectivity index (χ1v) is 5.53. The molecule has 0 bridgehead atoms. The van der Waals surface area contributed by atoms with E-state index in [-0.39, 0.29) is 19.1 Å². The molecule has 0 saturated carbocycles. The van der Waals surface area contributed by atoms with Gasteiger partial charge in [0.05, 0.1) is 6.61 Å². The highest BCUT2D eigenvalue weighted by molar-refractivity contribution is 7.23.